The molecule has 0 bridgehead atoms. The Balaban J connectivity index is 2.93. The van der Waals surface area contributed by atoms with Crippen LogP contribution in [0.25, 0.3) is 0 Å². The summed E-state index contributed by atoms with van der Waals surface area (Å²) in [5.41, 5.74) is 0.975. The molecule has 0 amide bonds. The highest BCUT2D eigenvalue weighted by Gasteiger charge is 2.11. The summed E-state index contributed by atoms with van der Waals surface area (Å²) in [6.07, 6.45) is 0. The summed E-state index contributed by atoms with van der Waals surface area (Å²) in [5.74, 6) is 0. The Morgan fingerprint density at radius 3 is 2.73 bits per heavy atom. The fourth-order valence-electron chi connectivity index (χ4n) is 0.955. The van der Waals surface area contributed by atoms with Gasteiger partial charge in [-0.25, -0.2) is 0 Å². The lowest BCUT2D eigenvalue weighted by Crippen LogP contribution is -1.96. The highest BCUT2D eigenvalue weighted by atomic mass is 35.5. The molecule has 0 aromatic heterocycles. The van der Waals surface area contributed by atoms with Gasteiger partial charge in [0.05, 0.1) is 21.5 Å². The van der Waals surface area contributed by atoms with Crippen molar-refractivity contribution in [2.75, 3.05) is 6.61 Å². The maximum absolute atomic E-state index is 6.12. The zero-order valence-corrected chi connectivity index (χ0v) is 11.5. The minimum absolute atomic E-state index is 0.437. The van der Waals surface area contributed by atoms with E-state index in [9.17, 15) is 0 Å². The average Bonchev–Trinajstić information content (AvgIpc) is 2.19. The zero-order valence-electron chi connectivity index (χ0n) is 8.34. The number of thiocarbonyl (C=S) groups is 1. The maximum atomic E-state index is 6.12. The maximum Gasteiger partial charge on any atom is 0.224 e. The van der Waals surface area contributed by atoms with E-state index in [0.717, 1.165) is 10.5 Å². The van der Waals surface area contributed by atoms with Crippen molar-refractivity contribution in [1.82, 2.24) is 0 Å². The van der Waals surface area contributed by atoms with Crippen LogP contribution in [0.3, 0.4) is 0 Å². The molecule has 0 saturated carbocycles. The van der Waals surface area contributed by atoms with Crippen LogP contribution in [0.5, 0.6) is 0 Å². The first-order valence-corrected chi connectivity index (χ1v) is 6.33. The van der Waals surface area contributed by atoms with Gasteiger partial charge in [-0.1, -0.05) is 29.3 Å². The van der Waals surface area contributed by atoms with Crippen molar-refractivity contribution < 1.29 is 4.74 Å². The molecular formula is C10H10Cl2OS2. The fourth-order valence-corrected chi connectivity index (χ4v) is 2.68. The smallest absolute Gasteiger partial charge is 0.224 e. The normalized spacial score (nSPS) is 10.1. The van der Waals surface area contributed by atoms with Gasteiger partial charge in [-0.3, -0.25) is 0 Å². The molecule has 0 atom stereocenters. The summed E-state index contributed by atoms with van der Waals surface area (Å²) in [6, 6.07) is 3.68. The molecule has 15 heavy (non-hydrogen) atoms. The molecule has 1 aromatic carbocycles. The topological polar surface area (TPSA) is 9.23 Å². The molecule has 0 aliphatic carbocycles. The minimum Gasteiger partial charge on any atom is -0.479 e. The number of aryl methyl sites for hydroxylation is 1. The van der Waals surface area contributed by atoms with E-state index >= 15 is 0 Å². The van der Waals surface area contributed by atoms with Gasteiger partial charge in [0, 0.05) is 0 Å². The van der Waals surface area contributed by atoms with Crippen LogP contribution in [0.1, 0.15) is 12.5 Å². The Labute approximate surface area is 109 Å². The van der Waals surface area contributed by atoms with Crippen LogP contribution in [0.2, 0.25) is 10.0 Å². The molecule has 0 saturated heterocycles. The second kappa shape index (κ2) is 5.94. The molecule has 5 heteroatoms. The Bertz CT molecular complexity index is 380. The van der Waals surface area contributed by atoms with E-state index in [4.69, 9.17) is 40.2 Å². The lowest BCUT2D eigenvalue weighted by atomic mass is 10.2. The van der Waals surface area contributed by atoms with Gasteiger partial charge in [0.15, 0.2) is 0 Å². The van der Waals surface area contributed by atoms with Crippen molar-refractivity contribution in [3.8, 4) is 0 Å². The summed E-state index contributed by atoms with van der Waals surface area (Å²) in [7, 11) is 0. The van der Waals surface area contributed by atoms with Gasteiger partial charge in [-0.15, -0.1) is 0 Å². The molecular weight excluding hydrogens is 271 g/mol. The van der Waals surface area contributed by atoms with E-state index in [2.05, 4.69) is 0 Å². The van der Waals surface area contributed by atoms with Gasteiger partial charge in [0.2, 0.25) is 4.38 Å². The van der Waals surface area contributed by atoms with Crippen LogP contribution >= 0.6 is 47.2 Å². The van der Waals surface area contributed by atoms with Gasteiger partial charge in [0.1, 0.15) is 0 Å². The number of ether oxygens (including phenoxy) is 1. The number of thioether (sulfide) groups is 1. The summed E-state index contributed by atoms with van der Waals surface area (Å²) in [5, 5.41) is 1.23. The standard InChI is InChI=1S/C10H10Cl2OS2/c1-3-13-10(14)15-9-7(11)5-4-6(2)8(9)12/h4-5H,3H2,1-2H3. The molecule has 0 spiro atoms. The third-order valence-corrected chi connectivity index (χ3v) is 4.00. The lowest BCUT2D eigenvalue weighted by molar-refractivity contribution is 0.346. The molecule has 0 radical (unpaired) electrons. The number of hydrogen-bond acceptors (Lipinski definition) is 3. The molecule has 1 nitrogen and oxygen atoms in total. The molecule has 82 valence electrons. The second-order valence-electron chi connectivity index (χ2n) is 2.79. The predicted molar refractivity (Wildman–Crippen MR) is 71.3 cm³/mol. The Hall–Kier alpha value is 0.0400. The first-order chi connectivity index (χ1) is 7.06. The van der Waals surface area contributed by atoms with Crippen molar-refractivity contribution >= 4 is 51.6 Å². The first kappa shape index (κ1) is 13.1. The molecule has 1 aromatic rings. The summed E-state index contributed by atoms with van der Waals surface area (Å²) < 4.78 is 5.61. The zero-order chi connectivity index (χ0) is 11.4. The van der Waals surface area contributed by atoms with Crippen LogP contribution in [0.4, 0.5) is 0 Å². The monoisotopic (exact) mass is 280 g/mol. The predicted octanol–water partition coefficient (Wildman–Crippen LogP) is 4.72. The highest BCUT2D eigenvalue weighted by molar-refractivity contribution is 8.22. The van der Waals surface area contributed by atoms with Crippen molar-refractivity contribution in [1.29, 1.82) is 0 Å². The van der Waals surface area contributed by atoms with Crippen LogP contribution < -0.4 is 0 Å². The number of benzene rings is 1. The average molecular weight is 281 g/mol. The van der Waals surface area contributed by atoms with Gasteiger partial charge >= 0.3 is 0 Å². The van der Waals surface area contributed by atoms with Gasteiger partial charge < -0.3 is 4.74 Å². The van der Waals surface area contributed by atoms with Crippen LogP contribution in [-0.2, 0) is 4.74 Å². The van der Waals surface area contributed by atoms with Gasteiger partial charge in [0.25, 0.3) is 0 Å². The molecule has 0 unspecified atom stereocenters. The second-order valence-corrected chi connectivity index (χ2v) is 5.19. The third kappa shape index (κ3) is 3.52. The SMILES string of the molecule is CCOC(=S)Sc1c(Cl)ccc(C)c1Cl. The first-order valence-electron chi connectivity index (χ1n) is 4.35. The Morgan fingerprint density at radius 2 is 2.13 bits per heavy atom. The van der Waals surface area contributed by atoms with E-state index < -0.39 is 0 Å². The van der Waals surface area contributed by atoms with Gasteiger partial charge in [-0.2, -0.15) is 0 Å². The van der Waals surface area contributed by atoms with E-state index in [0.29, 0.717) is 21.0 Å². The van der Waals surface area contributed by atoms with Crippen molar-refractivity contribution in [3.05, 3.63) is 27.7 Å². The highest BCUT2D eigenvalue weighted by Crippen LogP contribution is 2.36. The quantitative estimate of drug-likeness (QED) is 0.573. The molecule has 0 aliphatic heterocycles. The number of halogens is 2. The summed E-state index contributed by atoms with van der Waals surface area (Å²) in [6.45, 7) is 4.35. The minimum atomic E-state index is 0.437. The third-order valence-electron chi connectivity index (χ3n) is 1.69. The van der Waals surface area contributed by atoms with Crippen molar-refractivity contribution in [3.63, 3.8) is 0 Å². The number of hydrogen-bond donors (Lipinski definition) is 0. The molecule has 0 fully saturated rings. The lowest BCUT2D eigenvalue weighted by Gasteiger charge is -2.09. The largest absolute Gasteiger partial charge is 0.479 e. The molecule has 1 rings (SSSR count). The van der Waals surface area contributed by atoms with Gasteiger partial charge in [-0.05, 0) is 49.5 Å². The van der Waals surface area contributed by atoms with E-state index in [1.807, 2.05) is 19.9 Å². The molecule has 0 heterocycles. The van der Waals surface area contributed by atoms with Crippen LogP contribution in [0, 0.1) is 6.92 Å². The van der Waals surface area contributed by atoms with Crippen LogP contribution in [-0.4, -0.2) is 11.0 Å². The Kier molecular flexibility index (Phi) is 5.19. The van der Waals surface area contributed by atoms with Crippen molar-refractivity contribution in [2.45, 2.75) is 18.7 Å². The van der Waals surface area contributed by atoms with Crippen molar-refractivity contribution in [2.24, 2.45) is 0 Å². The number of rotatable bonds is 2. The van der Waals surface area contributed by atoms with Crippen LogP contribution in [0.15, 0.2) is 17.0 Å². The van der Waals surface area contributed by atoms with E-state index in [1.165, 1.54) is 11.8 Å². The van der Waals surface area contributed by atoms with E-state index in [1.54, 1.807) is 6.07 Å². The Morgan fingerprint density at radius 1 is 1.47 bits per heavy atom. The molecule has 0 N–H and O–H groups in total. The fraction of sp³-hybridized carbons (Fsp3) is 0.300. The molecule has 0 aliphatic rings. The summed E-state index contributed by atoms with van der Waals surface area (Å²) in [4.78, 5) is 0.761. The summed E-state index contributed by atoms with van der Waals surface area (Å²) >= 11 is 18.4. The van der Waals surface area contributed by atoms with E-state index in [-0.39, 0.29) is 0 Å².